The standard InChI is InChI=1S/C14H14N4O3S/c19-12-4-2-9(17-18-12)14(21)15-6-8-1-3-11-10(5-8)16-13(20)7-22-11/h1,3,5H,2,4,6-7H2,(H,15,21)(H,16,20)(H,18,19). The van der Waals surface area contributed by atoms with Crippen molar-refractivity contribution in [1.29, 1.82) is 0 Å². The largest absolute Gasteiger partial charge is 0.347 e. The Hall–Kier alpha value is -2.35. The highest BCUT2D eigenvalue weighted by Crippen LogP contribution is 2.31. The van der Waals surface area contributed by atoms with Crippen molar-refractivity contribution >= 4 is 40.9 Å². The summed E-state index contributed by atoms with van der Waals surface area (Å²) in [5, 5.41) is 9.32. The van der Waals surface area contributed by atoms with Gasteiger partial charge >= 0.3 is 0 Å². The number of hydrogen-bond acceptors (Lipinski definition) is 5. The number of benzene rings is 1. The average molecular weight is 318 g/mol. The number of anilines is 1. The molecule has 0 spiro atoms. The maximum absolute atomic E-state index is 12.0. The first kappa shape index (κ1) is 14.6. The van der Waals surface area contributed by atoms with Crippen molar-refractivity contribution in [3.63, 3.8) is 0 Å². The number of amides is 3. The normalized spacial score (nSPS) is 17.0. The number of hydrogen-bond donors (Lipinski definition) is 3. The number of fused-ring (bicyclic) bond motifs is 1. The Morgan fingerprint density at radius 3 is 2.91 bits per heavy atom. The Morgan fingerprint density at radius 2 is 2.14 bits per heavy atom. The third-order valence-electron chi connectivity index (χ3n) is 3.30. The van der Waals surface area contributed by atoms with Crippen LogP contribution in [0.4, 0.5) is 5.69 Å². The molecule has 1 aromatic carbocycles. The molecule has 0 atom stereocenters. The van der Waals surface area contributed by atoms with Crippen LogP contribution in [0.3, 0.4) is 0 Å². The molecule has 0 aromatic heterocycles. The van der Waals surface area contributed by atoms with Crippen LogP contribution in [0.1, 0.15) is 18.4 Å². The quantitative estimate of drug-likeness (QED) is 0.760. The summed E-state index contributed by atoms with van der Waals surface area (Å²) in [6, 6.07) is 5.69. The third kappa shape index (κ3) is 3.28. The predicted octanol–water partition coefficient (Wildman–Crippen LogP) is 0.613. The maximum Gasteiger partial charge on any atom is 0.267 e. The molecule has 3 rings (SSSR count). The molecule has 0 saturated carbocycles. The van der Waals surface area contributed by atoms with Crippen molar-refractivity contribution in [2.24, 2.45) is 5.10 Å². The van der Waals surface area contributed by atoms with Crippen molar-refractivity contribution in [3.05, 3.63) is 23.8 Å². The van der Waals surface area contributed by atoms with Gasteiger partial charge in [0.15, 0.2) is 0 Å². The van der Waals surface area contributed by atoms with Gasteiger partial charge in [-0.05, 0) is 17.7 Å². The van der Waals surface area contributed by atoms with E-state index in [2.05, 4.69) is 21.2 Å². The summed E-state index contributed by atoms with van der Waals surface area (Å²) in [5.41, 5.74) is 4.27. The number of nitrogens with zero attached hydrogens (tertiary/aromatic N) is 1. The minimum atomic E-state index is -0.295. The molecule has 0 bridgehead atoms. The van der Waals surface area contributed by atoms with E-state index in [0.29, 0.717) is 24.4 Å². The fourth-order valence-corrected chi connectivity index (χ4v) is 2.95. The second-order valence-electron chi connectivity index (χ2n) is 4.94. The van der Waals surface area contributed by atoms with Crippen LogP contribution in [-0.4, -0.2) is 29.2 Å². The molecule has 2 aliphatic rings. The zero-order valence-corrected chi connectivity index (χ0v) is 12.5. The van der Waals surface area contributed by atoms with Gasteiger partial charge in [-0.25, -0.2) is 5.43 Å². The van der Waals surface area contributed by atoms with Gasteiger partial charge in [0.1, 0.15) is 5.71 Å². The van der Waals surface area contributed by atoms with Gasteiger partial charge in [-0.2, -0.15) is 5.10 Å². The van der Waals surface area contributed by atoms with Gasteiger partial charge in [0.05, 0.1) is 11.4 Å². The van der Waals surface area contributed by atoms with Gasteiger partial charge in [0.2, 0.25) is 11.8 Å². The van der Waals surface area contributed by atoms with Gasteiger partial charge in [-0.1, -0.05) is 6.07 Å². The molecule has 0 radical (unpaired) electrons. The summed E-state index contributed by atoms with van der Waals surface area (Å²) >= 11 is 1.49. The van der Waals surface area contributed by atoms with E-state index >= 15 is 0 Å². The number of carbonyl (C=O) groups is 3. The lowest BCUT2D eigenvalue weighted by atomic mass is 10.1. The monoisotopic (exact) mass is 318 g/mol. The highest BCUT2D eigenvalue weighted by Gasteiger charge is 2.19. The Balaban J connectivity index is 1.62. The molecule has 2 heterocycles. The minimum absolute atomic E-state index is 0.0222. The number of nitrogens with one attached hydrogen (secondary N) is 3. The molecule has 0 saturated heterocycles. The van der Waals surface area contributed by atoms with Crippen LogP contribution in [0.2, 0.25) is 0 Å². The molecule has 1 aromatic rings. The van der Waals surface area contributed by atoms with E-state index in [1.54, 1.807) is 0 Å². The summed E-state index contributed by atoms with van der Waals surface area (Å²) in [4.78, 5) is 35.3. The van der Waals surface area contributed by atoms with Crippen LogP contribution < -0.4 is 16.1 Å². The first-order valence-electron chi connectivity index (χ1n) is 6.81. The molecule has 0 aliphatic carbocycles. The molecular weight excluding hydrogens is 304 g/mol. The lowest BCUT2D eigenvalue weighted by Gasteiger charge is -2.17. The molecule has 7 nitrogen and oxygen atoms in total. The summed E-state index contributed by atoms with van der Waals surface area (Å²) in [6.07, 6.45) is 0.614. The van der Waals surface area contributed by atoms with Gasteiger partial charge in [0, 0.05) is 24.3 Å². The van der Waals surface area contributed by atoms with E-state index in [1.165, 1.54) is 11.8 Å². The van der Waals surface area contributed by atoms with E-state index in [1.807, 2.05) is 18.2 Å². The van der Waals surface area contributed by atoms with E-state index in [0.717, 1.165) is 16.1 Å². The summed E-state index contributed by atoms with van der Waals surface area (Å²) < 4.78 is 0. The van der Waals surface area contributed by atoms with Crippen LogP contribution in [0.5, 0.6) is 0 Å². The van der Waals surface area contributed by atoms with Gasteiger partial charge in [-0.3, -0.25) is 14.4 Å². The number of thioether (sulfide) groups is 1. The second-order valence-corrected chi connectivity index (χ2v) is 5.96. The molecule has 22 heavy (non-hydrogen) atoms. The fourth-order valence-electron chi connectivity index (χ4n) is 2.16. The molecule has 2 aliphatic heterocycles. The molecular formula is C14H14N4O3S. The van der Waals surface area contributed by atoms with Crippen LogP contribution >= 0.6 is 11.8 Å². The smallest absolute Gasteiger partial charge is 0.267 e. The molecule has 0 unspecified atom stereocenters. The minimum Gasteiger partial charge on any atom is -0.347 e. The van der Waals surface area contributed by atoms with Crippen molar-refractivity contribution in [1.82, 2.24) is 10.7 Å². The van der Waals surface area contributed by atoms with Crippen molar-refractivity contribution in [3.8, 4) is 0 Å². The van der Waals surface area contributed by atoms with E-state index in [9.17, 15) is 14.4 Å². The Bertz CT molecular complexity index is 687. The topological polar surface area (TPSA) is 99.7 Å². The zero-order chi connectivity index (χ0) is 15.5. The lowest BCUT2D eigenvalue weighted by Crippen LogP contribution is -2.36. The summed E-state index contributed by atoms with van der Waals surface area (Å²) in [5.74, 6) is -0.0733. The summed E-state index contributed by atoms with van der Waals surface area (Å²) in [7, 11) is 0. The maximum atomic E-state index is 12.0. The lowest BCUT2D eigenvalue weighted by molar-refractivity contribution is -0.121. The molecule has 3 amide bonds. The molecule has 3 N–H and O–H groups in total. The second kappa shape index (κ2) is 6.18. The van der Waals surface area contributed by atoms with Gasteiger partial charge < -0.3 is 10.6 Å². The molecule has 114 valence electrons. The van der Waals surface area contributed by atoms with E-state index in [-0.39, 0.29) is 24.1 Å². The molecule has 0 fully saturated rings. The Labute approximate surface area is 130 Å². The SMILES string of the molecule is O=C1CCC(C(=O)NCc2ccc3c(c2)NC(=O)CS3)=NN1. The fraction of sp³-hybridized carbons (Fsp3) is 0.286. The van der Waals surface area contributed by atoms with Gasteiger partial charge in [-0.15, -0.1) is 11.8 Å². The average Bonchev–Trinajstić information content (AvgIpc) is 2.53. The van der Waals surface area contributed by atoms with Gasteiger partial charge in [0.25, 0.3) is 5.91 Å². The number of hydrazone groups is 1. The number of carbonyl (C=O) groups excluding carboxylic acids is 3. The van der Waals surface area contributed by atoms with Crippen molar-refractivity contribution < 1.29 is 14.4 Å². The van der Waals surface area contributed by atoms with Crippen LogP contribution in [-0.2, 0) is 20.9 Å². The van der Waals surface area contributed by atoms with Crippen LogP contribution in [0.25, 0.3) is 0 Å². The van der Waals surface area contributed by atoms with Crippen LogP contribution in [0, 0.1) is 0 Å². The highest BCUT2D eigenvalue weighted by molar-refractivity contribution is 8.00. The highest BCUT2D eigenvalue weighted by atomic mass is 32.2. The summed E-state index contributed by atoms with van der Waals surface area (Å²) in [6.45, 7) is 0.333. The van der Waals surface area contributed by atoms with E-state index < -0.39 is 0 Å². The van der Waals surface area contributed by atoms with Crippen molar-refractivity contribution in [2.45, 2.75) is 24.3 Å². The Kier molecular flexibility index (Phi) is 4.10. The Morgan fingerprint density at radius 1 is 1.27 bits per heavy atom. The molecule has 8 heteroatoms. The zero-order valence-electron chi connectivity index (χ0n) is 11.6. The van der Waals surface area contributed by atoms with Crippen LogP contribution in [0.15, 0.2) is 28.2 Å². The first-order valence-corrected chi connectivity index (χ1v) is 7.79. The first-order chi connectivity index (χ1) is 10.6. The van der Waals surface area contributed by atoms with Crippen molar-refractivity contribution in [2.75, 3.05) is 11.1 Å². The number of rotatable bonds is 3. The third-order valence-corrected chi connectivity index (χ3v) is 4.37. The predicted molar refractivity (Wildman–Crippen MR) is 82.5 cm³/mol. The van der Waals surface area contributed by atoms with E-state index in [4.69, 9.17) is 0 Å².